The van der Waals surface area contributed by atoms with E-state index in [4.69, 9.17) is 9.26 Å². The van der Waals surface area contributed by atoms with E-state index >= 15 is 0 Å². The Labute approximate surface area is 176 Å². The predicted octanol–water partition coefficient (Wildman–Crippen LogP) is 4.04. The van der Waals surface area contributed by atoms with Gasteiger partial charge >= 0.3 is 0 Å². The first-order valence-corrected chi connectivity index (χ1v) is 10.5. The second-order valence-corrected chi connectivity index (χ2v) is 7.81. The molecule has 1 unspecified atom stereocenters. The van der Waals surface area contributed by atoms with Gasteiger partial charge in [0.1, 0.15) is 6.61 Å². The van der Waals surface area contributed by atoms with E-state index in [0.717, 1.165) is 36.1 Å². The summed E-state index contributed by atoms with van der Waals surface area (Å²) in [5, 5.41) is 4.15. The highest BCUT2D eigenvalue weighted by molar-refractivity contribution is 5.79. The van der Waals surface area contributed by atoms with Gasteiger partial charge in [-0.3, -0.25) is 4.79 Å². The summed E-state index contributed by atoms with van der Waals surface area (Å²) in [6, 6.07) is 18.0. The Bertz CT molecular complexity index is 971. The number of piperidine rings is 1. The van der Waals surface area contributed by atoms with E-state index in [2.05, 4.69) is 10.1 Å². The van der Waals surface area contributed by atoms with Crippen molar-refractivity contribution >= 4 is 5.91 Å². The fraction of sp³-hybridized carbons (Fsp3) is 0.375. The molecule has 1 aliphatic heterocycles. The molecule has 4 rings (SSSR count). The van der Waals surface area contributed by atoms with Crippen molar-refractivity contribution in [2.24, 2.45) is 0 Å². The highest BCUT2D eigenvalue weighted by Crippen LogP contribution is 2.25. The molecule has 1 saturated heterocycles. The van der Waals surface area contributed by atoms with Crippen LogP contribution in [0, 0.1) is 6.92 Å². The van der Waals surface area contributed by atoms with Crippen molar-refractivity contribution in [1.29, 1.82) is 0 Å². The number of aryl methyl sites for hydroxylation is 1. The van der Waals surface area contributed by atoms with E-state index in [0.29, 0.717) is 31.3 Å². The number of ether oxygens (including phenoxy) is 1. The maximum absolute atomic E-state index is 12.8. The molecule has 1 amide bonds. The minimum Gasteiger partial charge on any atom is -0.367 e. The van der Waals surface area contributed by atoms with Crippen molar-refractivity contribution in [3.63, 3.8) is 0 Å². The van der Waals surface area contributed by atoms with E-state index in [1.54, 1.807) is 0 Å². The Morgan fingerprint density at radius 3 is 2.77 bits per heavy atom. The summed E-state index contributed by atoms with van der Waals surface area (Å²) in [6.07, 6.45) is 2.33. The molecule has 0 bridgehead atoms. The molecule has 0 N–H and O–H groups in total. The normalized spacial score (nSPS) is 16.6. The monoisotopic (exact) mass is 405 g/mol. The van der Waals surface area contributed by atoms with E-state index in [9.17, 15) is 4.79 Å². The first-order valence-electron chi connectivity index (χ1n) is 10.5. The standard InChI is InChI=1S/C24H27N3O3/c1-18-8-5-6-11-20(18)14-23(28)27-13-7-12-21(15-27)24-25-22(30-26-24)17-29-16-19-9-3-2-4-10-19/h2-6,8-11,21H,7,12-17H2,1H3. The molecule has 1 aliphatic rings. The van der Waals surface area contributed by atoms with Crippen LogP contribution >= 0.6 is 0 Å². The molecule has 1 fully saturated rings. The Morgan fingerprint density at radius 2 is 1.93 bits per heavy atom. The molecular weight excluding hydrogens is 378 g/mol. The molecule has 2 heterocycles. The lowest BCUT2D eigenvalue weighted by Crippen LogP contribution is -2.40. The number of rotatable bonds is 7. The third-order valence-electron chi connectivity index (χ3n) is 5.56. The lowest BCUT2D eigenvalue weighted by molar-refractivity contribution is -0.131. The summed E-state index contributed by atoms with van der Waals surface area (Å²) in [6.45, 7) is 4.25. The number of carbonyl (C=O) groups is 1. The van der Waals surface area contributed by atoms with Crippen molar-refractivity contribution in [3.8, 4) is 0 Å². The number of amides is 1. The minimum absolute atomic E-state index is 0.103. The first kappa shape index (κ1) is 20.3. The summed E-state index contributed by atoms with van der Waals surface area (Å²) in [4.78, 5) is 19.3. The molecule has 156 valence electrons. The van der Waals surface area contributed by atoms with Crippen molar-refractivity contribution in [2.45, 2.75) is 45.3 Å². The summed E-state index contributed by atoms with van der Waals surface area (Å²) >= 11 is 0. The van der Waals surface area contributed by atoms with Gasteiger partial charge in [-0.2, -0.15) is 4.98 Å². The fourth-order valence-electron chi connectivity index (χ4n) is 3.82. The van der Waals surface area contributed by atoms with Crippen molar-refractivity contribution in [3.05, 3.63) is 83.0 Å². The van der Waals surface area contributed by atoms with Crippen molar-refractivity contribution in [2.75, 3.05) is 13.1 Å². The van der Waals surface area contributed by atoms with E-state index in [-0.39, 0.29) is 18.4 Å². The minimum atomic E-state index is 0.103. The number of hydrogen-bond acceptors (Lipinski definition) is 5. The maximum Gasteiger partial charge on any atom is 0.252 e. The van der Waals surface area contributed by atoms with E-state index < -0.39 is 0 Å². The van der Waals surface area contributed by atoms with E-state index in [1.165, 1.54) is 0 Å². The molecular formula is C24H27N3O3. The van der Waals surface area contributed by atoms with Crippen LogP contribution in [-0.4, -0.2) is 34.0 Å². The number of likely N-dealkylation sites (tertiary alicyclic amines) is 1. The number of carbonyl (C=O) groups excluding carboxylic acids is 1. The summed E-state index contributed by atoms with van der Waals surface area (Å²) in [5.41, 5.74) is 3.34. The maximum atomic E-state index is 12.8. The molecule has 6 heteroatoms. The molecule has 30 heavy (non-hydrogen) atoms. The SMILES string of the molecule is Cc1ccccc1CC(=O)N1CCCC(c2noc(COCc3ccccc3)n2)C1. The van der Waals surface area contributed by atoms with Gasteiger partial charge in [0.25, 0.3) is 5.89 Å². The van der Waals surface area contributed by atoms with Gasteiger partial charge in [-0.05, 0) is 36.5 Å². The molecule has 0 radical (unpaired) electrons. The Morgan fingerprint density at radius 1 is 1.13 bits per heavy atom. The zero-order valence-electron chi connectivity index (χ0n) is 17.3. The lowest BCUT2D eigenvalue weighted by Gasteiger charge is -2.31. The summed E-state index contributed by atoms with van der Waals surface area (Å²) < 4.78 is 11.1. The third-order valence-corrected chi connectivity index (χ3v) is 5.56. The molecule has 2 aromatic carbocycles. The molecule has 0 spiro atoms. The second kappa shape index (κ2) is 9.67. The van der Waals surface area contributed by atoms with Crippen LogP contribution in [0.5, 0.6) is 0 Å². The van der Waals surface area contributed by atoms with Crippen molar-refractivity contribution in [1.82, 2.24) is 15.0 Å². The molecule has 0 saturated carbocycles. The van der Waals surface area contributed by atoms with Gasteiger partial charge in [-0.15, -0.1) is 0 Å². The summed E-state index contributed by atoms with van der Waals surface area (Å²) in [5.74, 6) is 1.40. The molecule has 1 aromatic heterocycles. The lowest BCUT2D eigenvalue weighted by atomic mass is 9.96. The summed E-state index contributed by atoms with van der Waals surface area (Å²) in [7, 11) is 0. The molecule has 1 atom stereocenters. The average Bonchev–Trinajstić information content (AvgIpc) is 3.25. The van der Waals surface area contributed by atoms with Crippen LogP contribution < -0.4 is 0 Å². The van der Waals surface area contributed by atoms with Crippen LogP contribution in [-0.2, 0) is 29.2 Å². The topological polar surface area (TPSA) is 68.5 Å². The van der Waals surface area contributed by atoms with Crippen LogP contribution in [0.1, 0.15) is 47.2 Å². The fourth-order valence-corrected chi connectivity index (χ4v) is 3.82. The van der Waals surface area contributed by atoms with Crippen LogP contribution in [0.3, 0.4) is 0 Å². The Balaban J connectivity index is 1.31. The highest BCUT2D eigenvalue weighted by Gasteiger charge is 2.28. The van der Waals surface area contributed by atoms with Gasteiger partial charge in [0.05, 0.1) is 13.0 Å². The smallest absolute Gasteiger partial charge is 0.252 e. The molecule has 0 aliphatic carbocycles. The molecule has 6 nitrogen and oxygen atoms in total. The second-order valence-electron chi connectivity index (χ2n) is 7.81. The average molecular weight is 405 g/mol. The zero-order chi connectivity index (χ0) is 20.8. The Kier molecular flexibility index (Phi) is 6.54. The van der Waals surface area contributed by atoms with Crippen LogP contribution in [0.2, 0.25) is 0 Å². The van der Waals surface area contributed by atoms with E-state index in [1.807, 2.05) is 66.4 Å². The first-order chi connectivity index (χ1) is 14.7. The zero-order valence-corrected chi connectivity index (χ0v) is 17.3. The van der Waals surface area contributed by atoms with Crippen LogP contribution in [0.4, 0.5) is 0 Å². The number of hydrogen-bond donors (Lipinski definition) is 0. The van der Waals surface area contributed by atoms with Crippen molar-refractivity contribution < 1.29 is 14.1 Å². The van der Waals surface area contributed by atoms with Gasteiger partial charge in [0, 0.05) is 19.0 Å². The van der Waals surface area contributed by atoms with Gasteiger partial charge in [0.2, 0.25) is 5.91 Å². The van der Waals surface area contributed by atoms with Gasteiger partial charge < -0.3 is 14.2 Å². The predicted molar refractivity (Wildman–Crippen MR) is 113 cm³/mol. The number of aromatic nitrogens is 2. The van der Waals surface area contributed by atoms with Gasteiger partial charge in [-0.1, -0.05) is 59.8 Å². The quantitative estimate of drug-likeness (QED) is 0.593. The Hall–Kier alpha value is -2.99. The third kappa shape index (κ3) is 5.13. The van der Waals surface area contributed by atoms with Crippen LogP contribution in [0.25, 0.3) is 0 Å². The van der Waals surface area contributed by atoms with Gasteiger partial charge in [-0.25, -0.2) is 0 Å². The van der Waals surface area contributed by atoms with Crippen LogP contribution in [0.15, 0.2) is 59.1 Å². The highest BCUT2D eigenvalue weighted by atomic mass is 16.5. The molecule has 3 aromatic rings. The number of benzene rings is 2. The largest absolute Gasteiger partial charge is 0.367 e. The van der Waals surface area contributed by atoms with Gasteiger partial charge in [0.15, 0.2) is 5.82 Å². The number of nitrogens with zero attached hydrogens (tertiary/aromatic N) is 3.